The van der Waals surface area contributed by atoms with Gasteiger partial charge in [-0.25, -0.2) is 0 Å². The Morgan fingerprint density at radius 2 is 2.00 bits per heavy atom. The third-order valence-corrected chi connectivity index (χ3v) is 2.81. The summed E-state index contributed by atoms with van der Waals surface area (Å²) in [6.07, 6.45) is 0. The van der Waals surface area contributed by atoms with Gasteiger partial charge in [0.1, 0.15) is 5.82 Å². The van der Waals surface area contributed by atoms with E-state index < -0.39 is 5.56 Å². The van der Waals surface area contributed by atoms with E-state index in [1.165, 1.54) is 4.57 Å². The summed E-state index contributed by atoms with van der Waals surface area (Å²) in [4.78, 5) is 24.3. The first-order valence-corrected chi connectivity index (χ1v) is 5.54. The van der Waals surface area contributed by atoms with E-state index in [1.54, 1.807) is 0 Å². The maximum absolute atomic E-state index is 11.4. The van der Waals surface area contributed by atoms with Gasteiger partial charge < -0.3 is 5.73 Å². The number of rotatable bonds is 3. The summed E-state index contributed by atoms with van der Waals surface area (Å²) in [7, 11) is 0. The van der Waals surface area contributed by atoms with Gasteiger partial charge in [0.05, 0.1) is 6.54 Å². The Morgan fingerprint density at radius 3 is 2.61 bits per heavy atom. The highest BCUT2D eigenvalue weighted by atomic mass is 32.1. The number of benzene rings is 1. The van der Waals surface area contributed by atoms with Crippen molar-refractivity contribution in [2.45, 2.75) is 6.54 Å². The Labute approximate surface area is 107 Å². The van der Waals surface area contributed by atoms with Crippen LogP contribution in [0.4, 0.5) is 11.5 Å². The Morgan fingerprint density at radius 1 is 1.33 bits per heavy atom. The lowest BCUT2D eigenvalue weighted by Crippen LogP contribution is -2.17. The number of nitroso groups, excluding NO2 is 1. The van der Waals surface area contributed by atoms with Crippen LogP contribution in [-0.2, 0) is 6.54 Å². The van der Waals surface area contributed by atoms with Crippen molar-refractivity contribution < 1.29 is 0 Å². The highest BCUT2D eigenvalue weighted by molar-refractivity contribution is 7.71. The summed E-state index contributed by atoms with van der Waals surface area (Å²) >= 11 is 5.02. The molecule has 7 heteroatoms. The molecule has 0 atom stereocenters. The van der Waals surface area contributed by atoms with Crippen molar-refractivity contribution in [3.05, 3.63) is 55.9 Å². The topological polar surface area (TPSA) is 93.2 Å². The minimum Gasteiger partial charge on any atom is -0.383 e. The van der Waals surface area contributed by atoms with Crippen molar-refractivity contribution in [3.8, 4) is 0 Å². The van der Waals surface area contributed by atoms with Gasteiger partial charge in [0.15, 0.2) is 4.77 Å². The molecule has 0 fully saturated rings. The second kappa shape index (κ2) is 4.92. The molecule has 92 valence electrons. The average Bonchev–Trinajstić information content (AvgIpc) is 2.36. The molecule has 0 aliphatic heterocycles. The molecule has 2 aromatic rings. The van der Waals surface area contributed by atoms with E-state index in [2.05, 4.69) is 10.2 Å². The molecule has 0 radical (unpaired) electrons. The Balaban J connectivity index is 2.55. The SMILES string of the molecule is Nc1c(N=O)c(=O)[nH]c(=S)n1Cc1ccccc1. The van der Waals surface area contributed by atoms with Gasteiger partial charge in [-0.2, -0.15) is 0 Å². The van der Waals surface area contributed by atoms with Crippen LogP contribution in [0.5, 0.6) is 0 Å². The fraction of sp³-hybridized carbons (Fsp3) is 0.0909. The monoisotopic (exact) mass is 262 g/mol. The number of hydrogen-bond donors (Lipinski definition) is 2. The van der Waals surface area contributed by atoms with E-state index in [4.69, 9.17) is 18.0 Å². The lowest BCUT2D eigenvalue weighted by atomic mass is 10.2. The standard InChI is InChI=1S/C11H10N4O2S/c12-9-8(14-17)10(16)13-11(18)15(9)6-7-4-2-1-3-5-7/h1-5H,6,12H2,(H,13,16,18). The van der Waals surface area contributed by atoms with Crippen LogP contribution in [0.1, 0.15) is 5.56 Å². The number of anilines is 1. The second-order valence-electron chi connectivity index (χ2n) is 3.66. The molecule has 18 heavy (non-hydrogen) atoms. The molecule has 0 saturated carbocycles. The molecule has 1 heterocycles. The zero-order chi connectivity index (χ0) is 13.1. The van der Waals surface area contributed by atoms with Crippen molar-refractivity contribution in [2.75, 3.05) is 5.73 Å². The van der Waals surface area contributed by atoms with Crippen LogP contribution in [0.3, 0.4) is 0 Å². The number of nitrogens with zero attached hydrogens (tertiary/aromatic N) is 2. The van der Waals surface area contributed by atoms with Crippen LogP contribution in [0.15, 0.2) is 40.3 Å². The lowest BCUT2D eigenvalue weighted by molar-refractivity contribution is 0.758. The molecule has 0 aliphatic rings. The third kappa shape index (κ3) is 2.21. The molecule has 0 amide bonds. The Bertz CT molecular complexity index is 690. The number of hydrogen-bond acceptors (Lipinski definition) is 5. The van der Waals surface area contributed by atoms with Gasteiger partial charge in [0.25, 0.3) is 5.56 Å². The molecule has 6 nitrogen and oxygen atoms in total. The zero-order valence-electron chi connectivity index (χ0n) is 9.29. The first-order chi connectivity index (χ1) is 8.63. The predicted octanol–water partition coefficient (Wildman–Crippen LogP) is 1.93. The molecule has 1 aromatic heterocycles. The van der Waals surface area contributed by atoms with Crippen LogP contribution in [0.25, 0.3) is 0 Å². The summed E-state index contributed by atoms with van der Waals surface area (Å²) in [6, 6.07) is 9.41. The van der Waals surface area contributed by atoms with Gasteiger partial charge in [0, 0.05) is 0 Å². The van der Waals surface area contributed by atoms with E-state index in [-0.39, 0.29) is 16.3 Å². The van der Waals surface area contributed by atoms with Crippen molar-refractivity contribution in [3.63, 3.8) is 0 Å². The molecule has 3 N–H and O–H groups in total. The second-order valence-corrected chi connectivity index (χ2v) is 4.04. The molecule has 1 aromatic carbocycles. The summed E-state index contributed by atoms with van der Waals surface area (Å²) < 4.78 is 1.62. The van der Waals surface area contributed by atoms with E-state index in [0.29, 0.717) is 6.54 Å². The van der Waals surface area contributed by atoms with Gasteiger partial charge in [-0.15, -0.1) is 4.91 Å². The lowest BCUT2D eigenvalue weighted by Gasteiger charge is -2.10. The number of nitrogens with one attached hydrogen (secondary N) is 1. The van der Waals surface area contributed by atoms with Gasteiger partial charge in [-0.3, -0.25) is 14.3 Å². The smallest absolute Gasteiger partial charge is 0.283 e. The number of nitrogens with two attached hydrogens (primary N) is 1. The van der Waals surface area contributed by atoms with Crippen LogP contribution in [-0.4, -0.2) is 9.55 Å². The first-order valence-electron chi connectivity index (χ1n) is 5.13. The fourth-order valence-corrected chi connectivity index (χ4v) is 1.84. The molecule has 0 spiro atoms. The van der Waals surface area contributed by atoms with Gasteiger partial charge in [-0.05, 0) is 23.0 Å². The van der Waals surface area contributed by atoms with Crippen molar-refractivity contribution in [1.29, 1.82) is 0 Å². The van der Waals surface area contributed by atoms with E-state index in [1.807, 2.05) is 30.3 Å². The minimum absolute atomic E-state index is 0.0254. The van der Waals surface area contributed by atoms with Crippen LogP contribution in [0.2, 0.25) is 0 Å². The average molecular weight is 262 g/mol. The van der Waals surface area contributed by atoms with Crippen molar-refractivity contribution >= 4 is 23.7 Å². The van der Waals surface area contributed by atoms with Crippen LogP contribution >= 0.6 is 12.2 Å². The zero-order valence-corrected chi connectivity index (χ0v) is 10.1. The highest BCUT2D eigenvalue weighted by Crippen LogP contribution is 2.17. The normalized spacial score (nSPS) is 10.2. The van der Waals surface area contributed by atoms with Crippen molar-refractivity contribution in [2.24, 2.45) is 5.18 Å². The predicted molar refractivity (Wildman–Crippen MR) is 71.3 cm³/mol. The quantitative estimate of drug-likeness (QED) is 0.653. The molecule has 0 saturated heterocycles. The molecule has 2 rings (SSSR count). The van der Waals surface area contributed by atoms with E-state index >= 15 is 0 Å². The van der Waals surface area contributed by atoms with Crippen molar-refractivity contribution in [1.82, 2.24) is 9.55 Å². The third-order valence-electron chi connectivity index (χ3n) is 2.49. The summed E-state index contributed by atoms with van der Waals surface area (Å²) in [5.74, 6) is -0.0254. The van der Waals surface area contributed by atoms with Gasteiger partial charge in [-0.1, -0.05) is 30.3 Å². The molecular formula is C11H10N4O2S. The highest BCUT2D eigenvalue weighted by Gasteiger charge is 2.11. The maximum atomic E-state index is 11.4. The van der Waals surface area contributed by atoms with Gasteiger partial charge >= 0.3 is 0 Å². The van der Waals surface area contributed by atoms with Gasteiger partial charge in [0.2, 0.25) is 5.69 Å². The largest absolute Gasteiger partial charge is 0.383 e. The first kappa shape index (κ1) is 12.2. The summed E-state index contributed by atoms with van der Waals surface area (Å²) in [6.45, 7) is 0.366. The Hall–Kier alpha value is -2.28. The van der Waals surface area contributed by atoms with Crippen LogP contribution in [0, 0.1) is 9.68 Å². The fourth-order valence-electron chi connectivity index (χ4n) is 1.59. The number of aromatic nitrogens is 2. The summed E-state index contributed by atoms with van der Waals surface area (Å²) in [5.41, 5.74) is 5.66. The minimum atomic E-state index is -0.670. The Kier molecular flexibility index (Phi) is 3.33. The molecule has 0 aliphatic carbocycles. The molecule has 0 unspecified atom stereocenters. The number of H-pyrrole nitrogens is 1. The summed E-state index contributed by atoms with van der Waals surface area (Å²) in [5, 5.41) is 2.63. The molecule has 0 bridgehead atoms. The molecular weight excluding hydrogens is 252 g/mol. The number of aromatic amines is 1. The van der Waals surface area contributed by atoms with E-state index in [9.17, 15) is 9.70 Å². The number of nitrogen functional groups attached to an aromatic ring is 1. The van der Waals surface area contributed by atoms with Crippen LogP contribution < -0.4 is 11.3 Å². The van der Waals surface area contributed by atoms with E-state index in [0.717, 1.165) is 5.56 Å². The maximum Gasteiger partial charge on any atom is 0.283 e.